The molecular weight excluding hydrogens is 318 g/mol. The van der Waals surface area contributed by atoms with Gasteiger partial charge in [-0.25, -0.2) is 0 Å². The van der Waals surface area contributed by atoms with Crippen LogP contribution in [0.4, 0.5) is 0 Å². The highest BCUT2D eigenvalue weighted by Crippen LogP contribution is 2.67. The average molecular weight is 352 g/mol. The Hall–Kier alpha value is -1.15. The number of allylic oxidation sites excluding steroid dienone is 2. The van der Waals surface area contributed by atoms with Crippen LogP contribution in [0, 0.1) is 34.5 Å². The Morgan fingerprint density at radius 3 is 2.77 bits per heavy atom. The molecule has 1 aromatic rings. The first-order chi connectivity index (χ1) is 12.5. The molecule has 0 saturated heterocycles. The highest BCUT2D eigenvalue weighted by molar-refractivity contribution is 5.72. The van der Waals surface area contributed by atoms with Gasteiger partial charge in [-0.1, -0.05) is 38.8 Å². The van der Waals surface area contributed by atoms with Gasteiger partial charge in [-0.05, 0) is 90.2 Å². The van der Waals surface area contributed by atoms with Gasteiger partial charge in [0.25, 0.3) is 0 Å². The minimum absolute atomic E-state index is 0.0775. The van der Waals surface area contributed by atoms with Gasteiger partial charge in [-0.2, -0.15) is 0 Å². The van der Waals surface area contributed by atoms with Crippen molar-refractivity contribution in [1.29, 1.82) is 0 Å². The summed E-state index contributed by atoms with van der Waals surface area (Å²) in [6, 6.07) is 4.29. The first kappa shape index (κ1) is 17.0. The van der Waals surface area contributed by atoms with Gasteiger partial charge in [-0.15, -0.1) is 0 Å². The lowest BCUT2D eigenvalue weighted by molar-refractivity contribution is -0.148. The number of rotatable bonds is 1. The zero-order valence-corrected chi connectivity index (χ0v) is 16.3. The number of nitrogens with zero attached hydrogens (tertiary/aromatic N) is 1. The molecule has 5 rings (SSSR count). The molecule has 2 nitrogen and oxygen atoms in total. The topological polar surface area (TPSA) is 33.1 Å². The number of fused-ring (bicyclic) bond motifs is 5. The van der Waals surface area contributed by atoms with Gasteiger partial charge >= 0.3 is 0 Å². The zero-order valence-electron chi connectivity index (χ0n) is 16.3. The number of pyridine rings is 1. The highest BCUT2D eigenvalue weighted by atomic mass is 16.3. The predicted molar refractivity (Wildman–Crippen MR) is 105 cm³/mol. The normalized spacial score (nSPS) is 47.5. The van der Waals surface area contributed by atoms with Gasteiger partial charge in [0, 0.05) is 12.4 Å². The van der Waals surface area contributed by atoms with Crippen LogP contribution in [0.25, 0.3) is 5.57 Å². The van der Waals surface area contributed by atoms with Crippen LogP contribution < -0.4 is 0 Å². The first-order valence-electron chi connectivity index (χ1n) is 10.8. The number of hydrogen-bond donors (Lipinski definition) is 1. The van der Waals surface area contributed by atoms with E-state index in [2.05, 4.69) is 37.0 Å². The molecule has 0 spiro atoms. The maximum Gasteiger partial charge on any atom is 0.0576 e. The van der Waals surface area contributed by atoms with Crippen molar-refractivity contribution in [2.24, 2.45) is 34.5 Å². The van der Waals surface area contributed by atoms with Crippen molar-refractivity contribution in [3.8, 4) is 0 Å². The van der Waals surface area contributed by atoms with Gasteiger partial charge in [0.2, 0.25) is 0 Å². The molecule has 26 heavy (non-hydrogen) atoms. The second-order valence-electron chi connectivity index (χ2n) is 10.1. The van der Waals surface area contributed by atoms with Crippen LogP contribution >= 0.6 is 0 Å². The number of hydrogen-bond acceptors (Lipinski definition) is 2. The van der Waals surface area contributed by atoms with E-state index >= 15 is 0 Å². The molecule has 140 valence electrons. The molecule has 3 fully saturated rings. The molecule has 2 heteroatoms. The Balaban J connectivity index is 1.48. The van der Waals surface area contributed by atoms with Crippen molar-refractivity contribution >= 4 is 5.57 Å². The predicted octanol–water partition coefficient (Wildman–Crippen LogP) is 5.48. The van der Waals surface area contributed by atoms with E-state index in [0.717, 1.165) is 12.3 Å². The van der Waals surface area contributed by atoms with Crippen LogP contribution in [0.3, 0.4) is 0 Å². The molecule has 0 aromatic carbocycles. The molecule has 1 N–H and O–H groups in total. The van der Waals surface area contributed by atoms with Crippen molar-refractivity contribution in [1.82, 2.24) is 4.98 Å². The highest BCUT2D eigenvalue weighted by Gasteiger charge is 2.60. The Labute approximate surface area is 158 Å². The van der Waals surface area contributed by atoms with Crippen molar-refractivity contribution in [2.75, 3.05) is 0 Å². The van der Waals surface area contributed by atoms with E-state index in [1.54, 1.807) is 0 Å². The lowest BCUT2D eigenvalue weighted by Gasteiger charge is -2.61. The molecule has 0 aliphatic heterocycles. The lowest BCUT2D eigenvalue weighted by atomic mass is 9.44. The molecule has 0 bridgehead atoms. The smallest absolute Gasteiger partial charge is 0.0576 e. The van der Waals surface area contributed by atoms with E-state index in [1.807, 2.05) is 12.4 Å². The summed E-state index contributed by atoms with van der Waals surface area (Å²) < 4.78 is 0. The van der Waals surface area contributed by atoms with Gasteiger partial charge in [0.05, 0.1) is 6.10 Å². The summed E-state index contributed by atoms with van der Waals surface area (Å²) in [5, 5.41) is 11.1. The van der Waals surface area contributed by atoms with Crippen LogP contribution in [0.5, 0.6) is 0 Å². The first-order valence-corrected chi connectivity index (χ1v) is 10.8. The molecule has 3 unspecified atom stereocenters. The molecule has 4 aliphatic carbocycles. The second-order valence-corrected chi connectivity index (χ2v) is 10.1. The Kier molecular flexibility index (Phi) is 3.87. The van der Waals surface area contributed by atoms with E-state index in [9.17, 15) is 5.11 Å². The van der Waals surface area contributed by atoms with Gasteiger partial charge < -0.3 is 5.11 Å². The summed E-state index contributed by atoms with van der Waals surface area (Å²) >= 11 is 0. The summed E-state index contributed by atoms with van der Waals surface area (Å²) in [6.45, 7) is 5.03. The van der Waals surface area contributed by atoms with Crippen LogP contribution in [0.1, 0.15) is 70.8 Å². The number of aliphatic hydroxyl groups excluding tert-OH is 1. The standard InChI is InChI=1S/C24H33NO/c1-23-11-4-3-7-21(23)22(26)14-17-19-9-8-18(16-6-5-13-25-15-16)24(19,2)12-10-20(17)23/h5-6,8,13,15,17,19-22,26H,3-4,7,9-12,14H2,1-2H3/t17-,19-,20?,21?,22?,23+,24+/m0/s1. The summed E-state index contributed by atoms with van der Waals surface area (Å²) in [5.74, 6) is 2.75. The Morgan fingerprint density at radius 2 is 1.96 bits per heavy atom. The van der Waals surface area contributed by atoms with Crippen LogP contribution in [-0.2, 0) is 0 Å². The summed E-state index contributed by atoms with van der Waals surface area (Å²) in [5.41, 5.74) is 3.48. The summed E-state index contributed by atoms with van der Waals surface area (Å²) in [4.78, 5) is 4.38. The maximum atomic E-state index is 11.1. The molecule has 4 aliphatic rings. The third-order valence-electron chi connectivity index (χ3n) is 9.14. The minimum Gasteiger partial charge on any atom is -0.393 e. The van der Waals surface area contributed by atoms with Crippen molar-refractivity contribution in [3.63, 3.8) is 0 Å². The van der Waals surface area contributed by atoms with Gasteiger partial charge in [0.1, 0.15) is 0 Å². The van der Waals surface area contributed by atoms with E-state index in [1.165, 1.54) is 56.1 Å². The minimum atomic E-state index is -0.0775. The molecule has 1 heterocycles. The van der Waals surface area contributed by atoms with E-state index in [4.69, 9.17) is 0 Å². The second kappa shape index (κ2) is 5.92. The van der Waals surface area contributed by atoms with E-state index in [0.29, 0.717) is 23.2 Å². The van der Waals surface area contributed by atoms with Crippen molar-refractivity contribution in [3.05, 3.63) is 36.2 Å². The fraction of sp³-hybridized carbons (Fsp3) is 0.708. The fourth-order valence-corrected chi connectivity index (χ4v) is 7.89. The Bertz CT molecular complexity index is 712. The van der Waals surface area contributed by atoms with Crippen LogP contribution in [0.2, 0.25) is 0 Å². The van der Waals surface area contributed by atoms with Crippen LogP contribution in [0.15, 0.2) is 30.6 Å². The molecule has 0 amide bonds. The molecular formula is C24H33NO. The Morgan fingerprint density at radius 1 is 1.08 bits per heavy atom. The third-order valence-corrected chi connectivity index (χ3v) is 9.14. The maximum absolute atomic E-state index is 11.1. The fourth-order valence-electron chi connectivity index (χ4n) is 7.89. The molecule has 1 aromatic heterocycles. The molecule has 0 radical (unpaired) electrons. The average Bonchev–Trinajstić information content (AvgIpc) is 3.00. The number of aliphatic hydroxyl groups is 1. The molecule has 3 saturated carbocycles. The molecule has 7 atom stereocenters. The quantitative estimate of drug-likeness (QED) is 0.727. The monoisotopic (exact) mass is 351 g/mol. The van der Waals surface area contributed by atoms with Gasteiger partial charge in [0.15, 0.2) is 0 Å². The lowest BCUT2D eigenvalue weighted by Crippen LogP contribution is -2.56. The van der Waals surface area contributed by atoms with Crippen LogP contribution in [-0.4, -0.2) is 16.2 Å². The SMILES string of the molecule is C[C@]12CCCCC1C(O)C[C@@H]1C2CC[C@]2(C)C(c3cccnc3)=CC[C@@H]12. The summed E-state index contributed by atoms with van der Waals surface area (Å²) in [6.07, 6.45) is 16.5. The van der Waals surface area contributed by atoms with E-state index < -0.39 is 0 Å². The number of aromatic nitrogens is 1. The third kappa shape index (κ3) is 2.24. The van der Waals surface area contributed by atoms with Crippen molar-refractivity contribution < 1.29 is 5.11 Å². The van der Waals surface area contributed by atoms with Gasteiger partial charge in [-0.3, -0.25) is 4.98 Å². The van der Waals surface area contributed by atoms with E-state index in [-0.39, 0.29) is 11.5 Å². The largest absolute Gasteiger partial charge is 0.393 e. The summed E-state index contributed by atoms with van der Waals surface area (Å²) in [7, 11) is 0. The zero-order chi connectivity index (χ0) is 17.9. The van der Waals surface area contributed by atoms with Crippen molar-refractivity contribution in [2.45, 2.75) is 71.3 Å².